The fraction of sp³-hybridized carbons (Fsp3) is 0.304. The zero-order valence-electron chi connectivity index (χ0n) is 15.8. The van der Waals surface area contributed by atoms with E-state index in [9.17, 15) is 4.79 Å². The Kier molecular flexibility index (Phi) is 5.16. The van der Waals surface area contributed by atoms with Crippen molar-refractivity contribution >= 4 is 22.4 Å². The van der Waals surface area contributed by atoms with Gasteiger partial charge in [0.1, 0.15) is 0 Å². The lowest BCUT2D eigenvalue weighted by molar-refractivity contribution is -0.119. The summed E-state index contributed by atoms with van der Waals surface area (Å²) in [5.74, 6) is 0.292. The molecule has 0 atom stereocenters. The first-order valence-electron chi connectivity index (χ1n) is 9.58. The van der Waals surface area contributed by atoms with E-state index in [2.05, 4.69) is 46.0 Å². The van der Waals surface area contributed by atoms with E-state index in [1.54, 1.807) is 0 Å². The lowest BCUT2D eigenvalue weighted by atomic mass is 10.1. The van der Waals surface area contributed by atoms with Crippen LogP contribution >= 0.6 is 0 Å². The summed E-state index contributed by atoms with van der Waals surface area (Å²) in [6.45, 7) is 6.29. The number of anilines is 1. The summed E-state index contributed by atoms with van der Waals surface area (Å²) >= 11 is 0. The summed E-state index contributed by atoms with van der Waals surface area (Å²) in [6, 6.07) is 20.5. The maximum absolute atomic E-state index is 12.4. The number of nitrogens with zero attached hydrogens (tertiary/aromatic N) is 3. The van der Waals surface area contributed by atoms with Gasteiger partial charge in [0, 0.05) is 49.4 Å². The Morgan fingerprint density at radius 1 is 0.963 bits per heavy atom. The van der Waals surface area contributed by atoms with Gasteiger partial charge in [0.05, 0.1) is 12.1 Å². The van der Waals surface area contributed by atoms with Crippen LogP contribution in [-0.4, -0.2) is 48.4 Å². The zero-order valence-corrected chi connectivity index (χ0v) is 15.8. The minimum absolute atomic E-state index is 0.292. The molecule has 1 aliphatic rings. The number of piperazine rings is 1. The molecular formula is C23H25N3O. The molecule has 4 nitrogen and oxygen atoms in total. The Labute approximate surface area is 160 Å². The third kappa shape index (κ3) is 4.17. The third-order valence-electron chi connectivity index (χ3n) is 5.18. The number of pyridine rings is 1. The Balaban J connectivity index is 1.39. The second-order valence-electron chi connectivity index (χ2n) is 7.26. The average Bonchev–Trinajstić information content (AvgIpc) is 2.68. The minimum atomic E-state index is 0.292. The van der Waals surface area contributed by atoms with Crippen LogP contribution in [0.4, 0.5) is 5.69 Å². The van der Waals surface area contributed by atoms with Crippen molar-refractivity contribution in [3.05, 3.63) is 71.9 Å². The minimum Gasteiger partial charge on any atom is -0.368 e. The molecule has 1 saturated heterocycles. The second-order valence-corrected chi connectivity index (χ2v) is 7.26. The van der Waals surface area contributed by atoms with Crippen LogP contribution in [0.5, 0.6) is 0 Å². The number of para-hydroxylation sites is 1. The molecule has 0 saturated carbocycles. The molecule has 0 bridgehead atoms. The van der Waals surface area contributed by atoms with E-state index in [-0.39, 0.29) is 0 Å². The number of ketones is 1. The number of hydrogen-bond acceptors (Lipinski definition) is 4. The Hall–Kier alpha value is -2.72. The van der Waals surface area contributed by atoms with E-state index in [1.165, 1.54) is 11.1 Å². The second kappa shape index (κ2) is 7.89. The first-order valence-corrected chi connectivity index (χ1v) is 9.58. The SMILES string of the molecule is Cc1cc(N2CCN(CC(=O)Cc3ccccc3)CC2)c2ccccc2n1. The van der Waals surface area contributed by atoms with Gasteiger partial charge in [0.15, 0.2) is 5.78 Å². The predicted molar refractivity (Wildman–Crippen MR) is 110 cm³/mol. The number of fused-ring (bicyclic) bond motifs is 1. The number of benzene rings is 2. The number of rotatable bonds is 5. The van der Waals surface area contributed by atoms with Crippen LogP contribution in [0.1, 0.15) is 11.3 Å². The lowest BCUT2D eigenvalue weighted by Gasteiger charge is -2.36. The van der Waals surface area contributed by atoms with Gasteiger partial charge in [-0.15, -0.1) is 0 Å². The first kappa shape index (κ1) is 17.7. The van der Waals surface area contributed by atoms with Crippen molar-refractivity contribution in [2.24, 2.45) is 0 Å². The number of aryl methyl sites for hydroxylation is 1. The molecule has 1 fully saturated rings. The monoisotopic (exact) mass is 359 g/mol. The zero-order chi connectivity index (χ0) is 18.6. The molecule has 1 aliphatic heterocycles. The van der Waals surface area contributed by atoms with Crippen LogP contribution in [-0.2, 0) is 11.2 Å². The molecule has 138 valence electrons. The van der Waals surface area contributed by atoms with Crippen LogP contribution < -0.4 is 4.90 Å². The van der Waals surface area contributed by atoms with E-state index >= 15 is 0 Å². The Bertz CT molecular complexity index is 931. The smallest absolute Gasteiger partial charge is 0.151 e. The highest BCUT2D eigenvalue weighted by atomic mass is 16.1. The molecule has 27 heavy (non-hydrogen) atoms. The van der Waals surface area contributed by atoms with Crippen molar-refractivity contribution in [2.45, 2.75) is 13.3 Å². The molecule has 0 unspecified atom stereocenters. The molecule has 1 aromatic heterocycles. The molecule has 0 radical (unpaired) electrons. The maximum atomic E-state index is 12.4. The van der Waals surface area contributed by atoms with Gasteiger partial charge >= 0.3 is 0 Å². The van der Waals surface area contributed by atoms with Crippen molar-refractivity contribution in [1.82, 2.24) is 9.88 Å². The topological polar surface area (TPSA) is 36.4 Å². The molecule has 3 aromatic rings. The molecule has 0 N–H and O–H groups in total. The highest BCUT2D eigenvalue weighted by Crippen LogP contribution is 2.27. The summed E-state index contributed by atoms with van der Waals surface area (Å²) in [6.07, 6.45) is 0.523. The number of aromatic nitrogens is 1. The van der Waals surface area contributed by atoms with E-state index < -0.39 is 0 Å². The molecule has 2 aromatic carbocycles. The van der Waals surface area contributed by atoms with Gasteiger partial charge in [0.25, 0.3) is 0 Å². The van der Waals surface area contributed by atoms with Crippen LogP contribution in [0.3, 0.4) is 0 Å². The molecule has 0 spiro atoms. The van der Waals surface area contributed by atoms with Gasteiger partial charge in [0.2, 0.25) is 0 Å². The van der Waals surface area contributed by atoms with Gasteiger partial charge in [-0.3, -0.25) is 14.7 Å². The van der Waals surface area contributed by atoms with Crippen molar-refractivity contribution in [3.63, 3.8) is 0 Å². The van der Waals surface area contributed by atoms with Crippen molar-refractivity contribution in [3.8, 4) is 0 Å². The van der Waals surface area contributed by atoms with E-state index in [0.29, 0.717) is 18.7 Å². The largest absolute Gasteiger partial charge is 0.368 e. The number of carbonyl (C=O) groups is 1. The van der Waals surface area contributed by atoms with Gasteiger partial charge in [-0.2, -0.15) is 0 Å². The highest BCUT2D eigenvalue weighted by Gasteiger charge is 2.21. The number of carbonyl (C=O) groups excluding carboxylic acids is 1. The van der Waals surface area contributed by atoms with Crippen molar-refractivity contribution < 1.29 is 4.79 Å². The van der Waals surface area contributed by atoms with Gasteiger partial charge in [-0.1, -0.05) is 48.5 Å². The van der Waals surface area contributed by atoms with Gasteiger partial charge in [-0.25, -0.2) is 0 Å². The van der Waals surface area contributed by atoms with E-state index in [4.69, 9.17) is 0 Å². The molecule has 4 rings (SSSR count). The summed E-state index contributed by atoms with van der Waals surface area (Å²) in [4.78, 5) is 21.7. The van der Waals surface area contributed by atoms with Crippen LogP contribution in [0, 0.1) is 6.92 Å². The fourth-order valence-electron chi connectivity index (χ4n) is 3.82. The maximum Gasteiger partial charge on any atom is 0.151 e. The van der Waals surface area contributed by atoms with E-state index in [1.807, 2.05) is 36.4 Å². The van der Waals surface area contributed by atoms with E-state index in [0.717, 1.165) is 43.0 Å². The predicted octanol–water partition coefficient (Wildman–Crippen LogP) is 3.48. The standard InChI is InChI=1S/C23H25N3O/c1-18-15-23(21-9-5-6-10-22(21)24-18)26-13-11-25(12-14-26)17-20(27)16-19-7-3-2-4-8-19/h2-10,15H,11-14,16-17H2,1H3. The lowest BCUT2D eigenvalue weighted by Crippen LogP contribution is -2.48. The van der Waals surface area contributed by atoms with Crippen LogP contribution in [0.15, 0.2) is 60.7 Å². The van der Waals surface area contributed by atoms with Crippen LogP contribution in [0.25, 0.3) is 10.9 Å². The van der Waals surface area contributed by atoms with Crippen LogP contribution in [0.2, 0.25) is 0 Å². The summed E-state index contributed by atoms with van der Waals surface area (Å²) in [7, 11) is 0. The Morgan fingerprint density at radius 2 is 1.67 bits per heavy atom. The molecule has 0 amide bonds. The van der Waals surface area contributed by atoms with Crippen molar-refractivity contribution in [1.29, 1.82) is 0 Å². The number of Topliss-reactive ketones (excluding diaryl/α,β-unsaturated/α-hetero) is 1. The molecule has 2 heterocycles. The Morgan fingerprint density at radius 3 is 2.44 bits per heavy atom. The number of hydrogen-bond donors (Lipinski definition) is 0. The van der Waals surface area contributed by atoms with Crippen molar-refractivity contribution in [2.75, 3.05) is 37.6 Å². The third-order valence-corrected chi connectivity index (χ3v) is 5.18. The molecular weight excluding hydrogens is 334 g/mol. The quantitative estimate of drug-likeness (QED) is 0.699. The molecule has 0 aliphatic carbocycles. The molecule has 4 heteroatoms. The first-order chi connectivity index (χ1) is 13.2. The fourth-order valence-corrected chi connectivity index (χ4v) is 3.82. The highest BCUT2D eigenvalue weighted by molar-refractivity contribution is 5.92. The van der Waals surface area contributed by atoms with Gasteiger partial charge < -0.3 is 4.90 Å². The summed E-state index contributed by atoms with van der Waals surface area (Å²) in [5.41, 5.74) is 4.45. The summed E-state index contributed by atoms with van der Waals surface area (Å²) < 4.78 is 0. The normalized spacial score (nSPS) is 15.2. The summed E-state index contributed by atoms with van der Waals surface area (Å²) in [5, 5.41) is 1.21. The average molecular weight is 359 g/mol. The van der Waals surface area contributed by atoms with Gasteiger partial charge in [-0.05, 0) is 24.6 Å².